The number of hydrogen-bond acceptors (Lipinski definition) is 5. The number of carbonyl (C=O) groups is 1. The molecule has 122 valence electrons. The maximum Gasteiger partial charge on any atom is 0.255 e. The lowest BCUT2D eigenvalue weighted by Gasteiger charge is -2.08. The third-order valence-electron chi connectivity index (χ3n) is 3.18. The van der Waals surface area contributed by atoms with Crippen LogP contribution in [-0.4, -0.2) is 38.3 Å². The van der Waals surface area contributed by atoms with Crippen LogP contribution < -0.4 is 15.4 Å². The van der Waals surface area contributed by atoms with Gasteiger partial charge in [0.2, 0.25) is 0 Å². The van der Waals surface area contributed by atoms with Gasteiger partial charge in [-0.3, -0.25) is 4.79 Å². The fourth-order valence-electron chi connectivity index (χ4n) is 1.97. The molecule has 23 heavy (non-hydrogen) atoms. The molecule has 1 amide bonds. The summed E-state index contributed by atoms with van der Waals surface area (Å²) < 4.78 is 10.1. The van der Waals surface area contributed by atoms with E-state index in [1.807, 2.05) is 12.1 Å². The van der Waals surface area contributed by atoms with Gasteiger partial charge in [0.1, 0.15) is 11.6 Å². The van der Waals surface area contributed by atoms with Crippen LogP contribution in [0.3, 0.4) is 0 Å². The minimum Gasteiger partial charge on any atom is -0.497 e. The van der Waals surface area contributed by atoms with Crippen LogP contribution in [0.15, 0.2) is 42.6 Å². The predicted molar refractivity (Wildman–Crippen MR) is 90.2 cm³/mol. The summed E-state index contributed by atoms with van der Waals surface area (Å²) >= 11 is 0. The van der Waals surface area contributed by atoms with Crippen LogP contribution in [0.5, 0.6) is 5.75 Å². The van der Waals surface area contributed by atoms with E-state index in [4.69, 9.17) is 9.47 Å². The van der Waals surface area contributed by atoms with E-state index in [0.29, 0.717) is 23.6 Å². The quantitative estimate of drug-likeness (QED) is 0.733. The number of rotatable bonds is 8. The molecule has 0 saturated heterocycles. The molecule has 0 radical (unpaired) electrons. The van der Waals surface area contributed by atoms with Gasteiger partial charge in [-0.2, -0.15) is 0 Å². The summed E-state index contributed by atoms with van der Waals surface area (Å²) in [5.74, 6) is 1.21. The van der Waals surface area contributed by atoms with E-state index < -0.39 is 0 Å². The number of pyridine rings is 1. The zero-order chi connectivity index (χ0) is 16.5. The van der Waals surface area contributed by atoms with Crippen LogP contribution in [0, 0.1) is 0 Å². The summed E-state index contributed by atoms with van der Waals surface area (Å²) in [6.45, 7) is 1.50. The molecular formula is C17H21N3O3. The molecule has 6 nitrogen and oxygen atoms in total. The normalized spacial score (nSPS) is 10.2. The molecular weight excluding hydrogens is 294 g/mol. The Labute approximate surface area is 135 Å². The van der Waals surface area contributed by atoms with Gasteiger partial charge in [-0.05, 0) is 36.8 Å². The number of carbonyl (C=O) groups excluding carboxylic acids is 1. The van der Waals surface area contributed by atoms with Crippen molar-refractivity contribution in [3.05, 3.63) is 48.2 Å². The molecule has 0 atom stereocenters. The molecule has 0 aliphatic carbocycles. The topological polar surface area (TPSA) is 72.5 Å². The summed E-state index contributed by atoms with van der Waals surface area (Å²) in [5, 5.41) is 5.99. The van der Waals surface area contributed by atoms with E-state index >= 15 is 0 Å². The van der Waals surface area contributed by atoms with Crippen molar-refractivity contribution in [1.82, 2.24) is 4.98 Å². The lowest BCUT2D eigenvalue weighted by Crippen LogP contribution is -2.12. The van der Waals surface area contributed by atoms with Gasteiger partial charge in [0.05, 0.1) is 19.0 Å². The van der Waals surface area contributed by atoms with E-state index in [-0.39, 0.29) is 5.91 Å². The molecule has 0 bridgehead atoms. The van der Waals surface area contributed by atoms with E-state index in [2.05, 4.69) is 15.6 Å². The third kappa shape index (κ3) is 5.27. The first-order valence-corrected chi connectivity index (χ1v) is 7.37. The van der Waals surface area contributed by atoms with Gasteiger partial charge in [0, 0.05) is 25.8 Å². The van der Waals surface area contributed by atoms with Gasteiger partial charge in [0.25, 0.3) is 5.91 Å². The second-order valence-electron chi connectivity index (χ2n) is 4.89. The van der Waals surface area contributed by atoms with Crippen molar-refractivity contribution in [1.29, 1.82) is 0 Å². The average Bonchev–Trinajstić information content (AvgIpc) is 2.60. The lowest BCUT2D eigenvalue weighted by molar-refractivity contribution is 0.102. The molecule has 1 heterocycles. The monoisotopic (exact) mass is 315 g/mol. The summed E-state index contributed by atoms with van der Waals surface area (Å²) in [7, 11) is 3.25. The number of anilines is 2. The van der Waals surface area contributed by atoms with Crippen LogP contribution >= 0.6 is 0 Å². The Morgan fingerprint density at radius 3 is 2.78 bits per heavy atom. The van der Waals surface area contributed by atoms with Gasteiger partial charge in [-0.15, -0.1) is 0 Å². The number of benzene rings is 1. The predicted octanol–water partition coefficient (Wildman–Crippen LogP) is 2.79. The number of methoxy groups -OCH3 is 2. The summed E-state index contributed by atoms with van der Waals surface area (Å²) in [5.41, 5.74) is 1.17. The first-order chi connectivity index (χ1) is 11.2. The van der Waals surface area contributed by atoms with Crippen molar-refractivity contribution in [3.63, 3.8) is 0 Å². The number of amides is 1. The van der Waals surface area contributed by atoms with Gasteiger partial charge in [-0.1, -0.05) is 6.07 Å². The first kappa shape index (κ1) is 16.8. The third-order valence-corrected chi connectivity index (χ3v) is 3.18. The molecule has 2 rings (SSSR count). The Hall–Kier alpha value is -2.60. The highest BCUT2D eigenvalue weighted by Gasteiger charge is 2.07. The Balaban J connectivity index is 1.90. The molecule has 6 heteroatoms. The second kappa shape index (κ2) is 8.75. The molecule has 2 N–H and O–H groups in total. The fourth-order valence-corrected chi connectivity index (χ4v) is 1.97. The highest BCUT2D eigenvalue weighted by Crippen LogP contribution is 2.15. The Morgan fingerprint density at radius 1 is 1.22 bits per heavy atom. The molecule has 0 spiro atoms. The zero-order valence-electron chi connectivity index (χ0n) is 13.3. The van der Waals surface area contributed by atoms with Crippen LogP contribution in [-0.2, 0) is 4.74 Å². The van der Waals surface area contributed by atoms with Crippen molar-refractivity contribution in [2.45, 2.75) is 6.42 Å². The number of nitrogens with one attached hydrogen (secondary N) is 2. The molecule has 0 saturated carbocycles. The largest absolute Gasteiger partial charge is 0.497 e. The maximum atomic E-state index is 12.2. The molecule has 0 aliphatic heterocycles. The van der Waals surface area contributed by atoms with Gasteiger partial charge in [0.15, 0.2) is 0 Å². The first-order valence-electron chi connectivity index (χ1n) is 7.37. The van der Waals surface area contributed by atoms with Crippen molar-refractivity contribution in [2.24, 2.45) is 0 Å². The smallest absolute Gasteiger partial charge is 0.255 e. The summed E-state index contributed by atoms with van der Waals surface area (Å²) in [6.07, 6.45) is 2.53. The van der Waals surface area contributed by atoms with Gasteiger partial charge < -0.3 is 20.1 Å². The Bertz CT molecular complexity index is 629. The molecule has 0 aliphatic rings. The molecule has 0 unspecified atom stereocenters. The van der Waals surface area contributed by atoms with Gasteiger partial charge >= 0.3 is 0 Å². The van der Waals surface area contributed by atoms with E-state index in [1.54, 1.807) is 44.7 Å². The van der Waals surface area contributed by atoms with Crippen LogP contribution in [0.1, 0.15) is 16.8 Å². The zero-order valence-corrected chi connectivity index (χ0v) is 13.3. The number of aromatic nitrogens is 1. The highest BCUT2D eigenvalue weighted by atomic mass is 16.5. The van der Waals surface area contributed by atoms with Crippen LogP contribution in [0.2, 0.25) is 0 Å². The fraction of sp³-hybridized carbons (Fsp3) is 0.294. The second-order valence-corrected chi connectivity index (χ2v) is 4.89. The van der Waals surface area contributed by atoms with Crippen molar-refractivity contribution in [2.75, 3.05) is 38.0 Å². The Kier molecular flexibility index (Phi) is 6.38. The van der Waals surface area contributed by atoms with Gasteiger partial charge in [-0.25, -0.2) is 4.98 Å². The SMILES string of the molecule is COCCCNc1ccc(NC(=O)c2cccc(OC)c2)cn1. The Morgan fingerprint density at radius 2 is 2.09 bits per heavy atom. The number of nitrogens with zero attached hydrogens (tertiary/aromatic N) is 1. The van der Waals surface area contributed by atoms with Crippen LogP contribution in [0.25, 0.3) is 0 Å². The maximum absolute atomic E-state index is 12.2. The van der Waals surface area contributed by atoms with Crippen molar-refractivity contribution < 1.29 is 14.3 Å². The average molecular weight is 315 g/mol. The summed E-state index contributed by atoms with van der Waals surface area (Å²) in [4.78, 5) is 16.5. The minimum atomic E-state index is -0.202. The minimum absolute atomic E-state index is 0.202. The molecule has 1 aromatic heterocycles. The lowest BCUT2D eigenvalue weighted by atomic mass is 10.2. The van der Waals surface area contributed by atoms with E-state index in [1.165, 1.54) is 0 Å². The van der Waals surface area contributed by atoms with Crippen LogP contribution in [0.4, 0.5) is 11.5 Å². The molecule has 2 aromatic rings. The molecule has 1 aromatic carbocycles. The van der Waals surface area contributed by atoms with E-state index in [9.17, 15) is 4.79 Å². The number of ether oxygens (including phenoxy) is 2. The highest BCUT2D eigenvalue weighted by molar-refractivity contribution is 6.04. The standard InChI is InChI=1S/C17H21N3O3/c1-22-10-4-9-18-16-8-7-14(12-19-16)20-17(21)13-5-3-6-15(11-13)23-2/h3,5-8,11-12H,4,9-10H2,1-2H3,(H,18,19)(H,20,21). The number of hydrogen-bond donors (Lipinski definition) is 2. The molecule has 0 fully saturated rings. The summed E-state index contributed by atoms with van der Waals surface area (Å²) in [6, 6.07) is 10.6. The van der Waals surface area contributed by atoms with Crippen molar-refractivity contribution >= 4 is 17.4 Å². The van der Waals surface area contributed by atoms with E-state index in [0.717, 1.165) is 18.8 Å². The van der Waals surface area contributed by atoms with Crippen molar-refractivity contribution in [3.8, 4) is 5.75 Å².